The SMILES string of the molecule is CCCCCCCCc1cccc(O)c1S(=O)(=O)[O-].[Na+]. The third-order valence-electron chi connectivity index (χ3n) is 3.13. The summed E-state index contributed by atoms with van der Waals surface area (Å²) in [4.78, 5) is -0.455. The van der Waals surface area contributed by atoms with E-state index in [1.54, 1.807) is 12.1 Å². The predicted octanol–water partition coefficient (Wildman–Crippen LogP) is 0.203. The number of phenols is 1. The minimum absolute atomic E-state index is 0. The van der Waals surface area contributed by atoms with Gasteiger partial charge in [-0.25, -0.2) is 8.42 Å². The van der Waals surface area contributed by atoms with Gasteiger partial charge in [0.15, 0.2) is 0 Å². The fourth-order valence-corrected chi connectivity index (χ4v) is 2.97. The third kappa shape index (κ3) is 6.59. The average Bonchev–Trinajstić information content (AvgIpc) is 2.32. The number of aryl methyl sites for hydroxylation is 1. The standard InChI is InChI=1S/C14H22O4S.Na/c1-2-3-4-5-6-7-9-12-10-8-11-13(15)14(12)19(16,17)18;/h8,10-11,15H,2-7,9H2,1H3,(H,16,17,18);/q;+1/p-1. The van der Waals surface area contributed by atoms with Crippen LogP contribution < -0.4 is 29.6 Å². The Balaban J connectivity index is 0.00000361. The van der Waals surface area contributed by atoms with Gasteiger partial charge in [0.05, 0.1) is 4.90 Å². The van der Waals surface area contributed by atoms with Gasteiger partial charge in [0.1, 0.15) is 15.9 Å². The molecule has 1 rings (SSSR count). The van der Waals surface area contributed by atoms with Crippen molar-refractivity contribution >= 4 is 10.1 Å². The molecule has 0 saturated carbocycles. The Morgan fingerprint density at radius 3 is 2.30 bits per heavy atom. The van der Waals surface area contributed by atoms with Crippen molar-refractivity contribution in [3.63, 3.8) is 0 Å². The van der Waals surface area contributed by atoms with Crippen LogP contribution >= 0.6 is 0 Å². The van der Waals surface area contributed by atoms with Crippen molar-refractivity contribution < 1.29 is 47.6 Å². The van der Waals surface area contributed by atoms with Crippen LogP contribution in [0.1, 0.15) is 51.0 Å². The molecule has 0 amide bonds. The number of benzene rings is 1. The molecule has 0 aliphatic heterocycles. The third-order valence-corrected chi connectivity index (χ3v) is 4.10. The summed E-state index contributed by atoms with van der Waals surface area (Å²) in [6.45, 7) is 2.15. The maximum absolute atomic E-state index is 11.1. The van der Waals surface area contributed by atoms with Gasteiger partial charge in [-0.05, 0) is 24.5 Å². The summed E-state index contributed by atoms with van der Waals surface area (Å²) in [7, 11) is -4.62. The summed E-state index contributed by atoms with van der Waals surface area (Å²) in [5.41, 5.74) is 0.422. The van der Waals surface area contributed by atoms with E-state index < -0.39 is 20.8 Å². The van der Waals surface area contributed by atoms with Gasteiger partial charge in [-0.15, -0.1) is 0 Å². The first-order valence-electron chi connectivity index (χ1n) is 6.73. The molecule has 0 unspecified atom stereocenters. The van der Waals surface area contributed by atoms with Crippen molar-refractivity contribution in [1.82, 2.24) is 0 Å². The number of phenolic OH excluding ortho intramolecular Hbond substituents is 1. The van der Waals surface area contributed by atoms with Crippen molar-refractivity contribution in [3.05, 3.63) is 23.8 Å². The largest absolute Gasteiger partial charge is 1.00 e. The molecule has 0 bridgehead atoms. The average molecular weight is 308 g/mol. The maximum Gasteiger partial charge on any atom is 1.00 e. The Labute approximate surface area is 143 Å². The molecule has 0 aromatic heterocycles. The number of unbranched alkanes of at least 4 members (excludes halogenated alkanes) is 5. The smallest absolute Gasteiger partial charge is 0.744 e. The van der Waals surface area contributed by atoms with Gasteiger partial charge >= 0.3 is 29.6 Å². The van der Waals surface area contributed by atoms with E-state index in [4.69, 9.17) is 0 Å². The minimum atomic E-state index is -4.62. The van der Waals surface area contributed by atoms with Crippen molar-refractivity contribution in [1.29, 1.82) is 0 Å². The Morgan fingerprint density at radius 2 is 1.70 bits per heavy atom. The first-order chi connectivity index (χ1) is 8.96. The second-order valence-corrected chi connectivity index (χ2v) is 6.05. The number of hydrogen-bond acceptors (Lipinski definition) is 4. The molecule has 0 heterocycles. The Hall–Kier alpha value is -0.0700. The topological polar surface area (TPSA) is 77.4 Å². The molecule has 0 aliphatic rings. The Bertz CT molecular complexity index is 500. The van der Waals surface area contributed by atoms with Crippen LogP contribution in [0.3, 0.4) is 0 Å². The molecule has 0 fully saturated rings. The van der Waals surface area contributed by atoms with E-state index in [0.29, 0.717) is 12.0 Å². The van der Waals surface area contributed by atoms with Gasteiger partial charge in [0, 0.05) is 0 Å². The van der Waals surface area contributed by atoms with Crippen LogP contribution in [0.25, 0.3) is 0 Å². The molecule has 0 aliphatic carbocycles. The summed E-state index contributed by atoms with van der Waals surface area (Å²) in [6.07, 6.45) is 7.05. The summed E-state index contributed by atoms with van der Waals surface area (Å²) in [5, 5.41) is 9.52. The maximum atomic E-state index is 11.1. The number of rotatable bonds is 8. The van der Waals surface area contributed by atoms with Gasteiger partial charge in [-0.3, -0.25) is 0 Å². The zero-order chi connectivity index (χ0) is 14.3. The molecule has 0 radical (unpaired) electrons. The van der Waals surface area contributed by atoms with E-state index in [-0.39, 0.29) is 29.6 Å². The van der Waals surface area contributed by atoms with E-state index in [9.17, 15) is 18.1 Å². The first kappa shape index (κ1) is 19.9. The molecule has 1 N–H and O–H groups in total. The van der Waals surface area contributed by atoms with Crippen LogP contribution in [0.2, 0.25) is 0 Å². The van der Waals surface area contributed by atoms with Crippen LogP contribution in [-0.2, 0) is 16.5 Å². The molecule has 0 spiro atoms. The van der Waals surface area contributed by atoms with Crippen molar-refractivity contribution in [2.75, 3.05) is 0 Å². The van der Waals surface area contributed by atoms with E-state index in [2.05, 4.69) is 6.92 Å². The van der Waals surface area contributed by atoms with Gasteiger partial charge in [-0.1, -0.05) is 51.2 Å². The molecule has 1 aromatic carbocycles. The molecule has 6 heteroatoms. The number of aromatic hydroxyl groups is 1. The monoisotopic (exact) mass is 308 g/mol. The van der Waals surface area contributed by atoms with Gasteiger partial charge in [-0.2, -0.15) is 0 Å². The van der Waals surface area contributed by atoms with Crippen LogP contribution in [0, 0.1) is 0 Å². The second-order valence-electron chi connectivity index (χ2n) is 4.74. The van der Waals surface area contributed by atoms with Crippen LogP contribution in [0.5, 0.6) is 5.75 Å². The molecule has 4 nitrogen and oxygen atoms in total. The molecule has 20 heavy (non-hydrogen) atoms. The van der Waals surface area contributed by atoms with E-state index in [0.717, 1.165) is 19.3 Å². The van der Waals surface area contributed by atoms with Crippen LogP contribution in [0.15, 0.2) is 23.1 Å². The second kappa shape index (κ2) is 9.79. The molecule has 0 atom stereocenters. The quantitative estimate of drug-likeness (QED) is 0.423. The van der Waals surface area contributed by atoms with Crippen LogP contribution in [-0.4, -0.2) is 18.1 Å². The van der Waals surface area contributed by atoms with Crippen LogP contribution in [0.4, 0.5) is 0 Å². The molecule has 1 aromatic rings. The Morgan fingerprint density at radius 1 is 1.10 bits per heavy atom. The molecule has 0 saturated heterocycles. The normalized spacial score (nSPS) is 11.1. The molecular weight excluding hydrogens is 287 g/mol. The van der Waals surface area contributed by atoms with Crippen molar-refractivity contribution in [3.8, 4) is 5.75 Å². The minimum Gasteiger partial charge on any atom is -0.744 e. The summed E-state index contributed by atoms with van der Waals surface area (Å²) < 4.78 is 33.4. The number of hydrogen-bond donors (Lipinski definition) is 1. The first-order valence-corrected chi connectivity index (χ1v) is 8.14. The van der Waals surface area contributed by atoms with E-state index >= 15 is 0 Å². The molecule has 108 valence electrons. The van der Waals surface area contributed by atoms with E-state index in [1.165, 1.54) is 25.3 Å². The van der Waals surface area contributed by atoms with Gasteiger partial charge < -0.3 is 9.66 Å². The summed E-state index contributed by atoms with van der Waals surface area (Å²) in [6, 6.07) is 4.39. The summed E-state index contributed by atoms with van der Waals surface area (Å²) in [5.74, 6) is -0.446. The fourth-order valence-electron chi connectivity index (χ4n) is 2.15. The fraction of sp³-hybridized carbons (Fsp3) is 0.571. The van der Waals surface area contributed by atoms with E-state index in [1.807, 2.05) is 0 Å². The van der Waals surface area contributed by atoms with Gasteiger partial charge in [0.25, 0.3) is 0 Å². The zero-order valence-electron chi connectivity index (χ0n) is 12.3. The summed E-state index contributed by atoms with van der Waals surface area (Å²) >= 11 is 0. The molecular formula is C14H21NaO4S. The zero-order valence-corrected chi connectivity index (χ0v) is 15.1. The van der Waals surface area contributed by atoms with Gasteiger partial charge in [0.2, 0.25) is 0 Å². The Kier molecular flexibility index (Phi) is 9.76. The van der Waals surface area contributed by atoms with Crippen molar-refractivity contribution in [2.45, 2.75) is 56.8 Å². The predicted molar refractivity (Wildman–Crippen MR) is 73.2 cm³/mol. The van der Waals surface area contributed by atoms with Crippen molar-refractivity contribution in [2.24, 2.45) is 0 Å².